The van der Waals surface area contributed by atoms with Gasteiger partial charge in [-0.3, -0.25) is 14.5 Å². The Morgan fingerprint density at radius 1 is 0.765 bits per heavy atom. The van der Waals surface area contributed by atoms with Gasteiger partial charge in [-0.1, -0.05) is 54.6 Å². The van der Waals surface area contributed by atoms with Crippen LogP contribution in [0.25, 0.3) is 0 Å². The molecule has 0 unspecified atom stereocenters. The smallest absolute Gasteiger partial charge is 0.343 e. The summed E-state index contributed by atoms with van der Waals surface area (Å²) in [6, 6.07) is 24.1. The molecule has 1 saturated carbocycles. The summed E-state index contributed by atoms with van der Waals surface area (Å²) in [4.78, 5) is 39.9. The highest BCUT2D eigenvalue weighted by molar-refractivity contribution is 6.22. The van der Waals surface area contributed by atoms with Crippen LogP contribution >= 0.6 is 0 Å². The van der Waals surface area contributed by atoms with Crippen LogP contribution in [0.15, 0.2) is 91.0 Å². The predicted molar refractivity (Wildman–Crippen MR) is 127 cm³/mol. The van der Waals surface area contributed by atoms with Gasteiger partial charge in [-0.05, 0) is 72.2 Å². The average Bonchev–Trinajstić information content (AvgIpc) is 3.55. The molecule has 0 radical (unpaired) electrons. The summed E-state index contributed by atoms with van der Waals surface area (Å²) < 4.78 is 5.52. The molecule has 1 saturated heterocycles. The van der Waals surface area contributed by atoms with Crippen molar-refractivity contribution in [1.82, 2.24) is 0 Å². The Morgan fingerprint density at radius 2 is 1.35 bits per heavy atom. The molecule has 2 amide bonds. The number of nitrogens with zero attached hydrogens (tertiary/aromatic N) is 1. The molecule has 0 aromatic heterocycles. The van der Waals surface area contributed by atoms with Crippen molar-refractivity contribution in [2.45, 2.75) is 12.8 Å². The van der Waals surface area contributed by atoms with E-state index in [1.807, 2.05) is 30.3 Å². The Labute approximate surface area is 197 Å². The molecule has 0 spiro atoms. The number of amides is 2. The molecule has 4 atom stereocenters. The van der Waals surface area contributed by atoms with Gasteiger partial charge in [0.25, 0.3) is 0 Å². The van der Waals surface area contributed by atoms with Gasteiger partial charge in [-0.15, -0.1) is 0 Å². The lowest BCUT2D eigenvalue weighted by atomic mass is 9.85. The van der Waals surface area contributed by atoms with Crippen molar-refractivity contribution in [3.63, 3.8) is 0 Å². The van der Waals surface area contributed by atoms with Crippen molar-refractivity contribution in [3.8, 4) is 5.75 Å². The quantitative estimate of drug-likeness (QED) is 0.243. The number of imide groups is 1. The van der Waals surface area contributed by atoms with Gasteiger partial charge in [0, 0.05) is 0 Å². The second-order valence-electron chi connectivity index (χ2n) is 9.25. The summed E-state index contributed by atoms with van der Waals surface area (Å²) in [5.74, 6) is -0.411. The maximum Gasteiger partial charge on any atom is 0.343 e. The van der Waals surface area contributed by atoms with Crippen molar-refractivity contribution in [3.05, 3.63) is 108 Å². The van der Waals surface area contributed by atoms with Crippen LogP contribution in [0.5, 0.6) is 5.75 Å². The number of hydrogen-bond acceptors (Lipinski definition) is 4. The van der Waals surface area contributed by atoms with Crippen LogP contribution in [0.3, 0.4) is 0 Å². The highest BCUT2D eigenvalue weighted by Crippen LogP contribution is 2.53. The van der Waals surface area contributed by atoms with Gasteiger partial charge in [0.1, 0.15) is 5.75 Å². The second-order valence-corrected chi connectivity index (χ2v) is 9.25. The standard InChI is InChI=1S/C29H23NO4/c31-27-25-21-8-9-22(17-21)26(25)28(32)30(27)23-12-10-20(11-13-23)29(33)34-24-14-6-19(7-15-24)16-18-4-2-1-3-5-18/h1-15,21-22,25-26H,16-17H2/t21-,22-,25-,26+/m0/s1. The molecule has 1 aliphatic heterocycles. The first-order chi connectivity index (χ1) is 16.6. The third kappa shape index (κ3) is 3.45. The third-order valence-electron chi connectivity index (χ3n) is 7.22. The number of fused-ring (bicyclic) bond motifs is 5. The van der Waals surface area contributed by atoms with E-state index in [-0.39, 0.29) is 35.5 Å². The monoisotopic (exact) mass is 449 g/mol. The van der Waals surface area contributed by atoms with Crippen LogP contribution in [0.4, 0.5) is 5.69 Å². The molecule has 2 fully saturated rings. The molecule has 5 heteroatoms. The fourth-order valence-corrected chi connectivity index (χ4v) is 5.58. The van der Waals surface area contributed by atoms with Gasteiger partial charge in [-0.25, -0.2) is 4.79 Å². The molecule has 3 aromatic carbocycles. The SMILES string of the molecule is O=C(Oc1ccc(Cc2ccccc2)cc1)c1ccc(N2C(=O)[C@@H]3[C@H](C2=O)[C@H]2C=C[C@H]3C2)cc1. The van der Waals surface area contributed by atoms with Crippen LogP contribution in [0.2, 0.25) is 0 Å². The molecule has 1 heterocycles. The number of benzene rings is 3. The van der Waals surface area contributed by atoms with Crippen LogP contribution in [-0.4, -0.2) is 17.8 Å². The Bertz CT molecular complexity index is 1260. The Hall–Kier alpha value is -3.99. The zero-order chi connectivity index (χ0) is 23.2. The van der Waals surface area contributed by atoms with Gasteiger partial charge >= 0.3 is 5.97 Å². The maximum atomic E-state index is 13.0. The number of anilines is 1. The van der Waals surface area contributed by atoms with Crippen molar-refractivity contribution in [1.29, 1.82) is 0 Å². The molecule has 2 aliphatic carbocycles. The zero-order valence-corrected chi connectivity index (χ0v) is 18.5. The molecule has 168 valence electrons. The van der Waals surface area contributed by atoms with E-state index in [1.54, 1.807) is 36.4 Å². The lowest BCUT2D eigenvalue weighted by molar-refractivity contribution is -0.123. The Morgan fingerprint density at radius 3 is 1.97 bits per heavy atom. The number of rotatable bonds is 5. The van der Waals surface area contributed by atoms with Crippen LogP contribution < -0.4 is 9.64 Å². The van der Waals surface area contributed by atoms with Crippen LogP contribution in [0.1, 0.15) is 27.9 Å². The lowest BCUT2D eigenvalue weighted by Gasteiger charge is -2.17. The van der Waals surface area contributed by atoms with E-state index in [1.165, 1.54) is 10.5 Å². The van der Waals surface area contributed by atoms with Crippen LogP contribution in [-0.2, 0) is 16.0 Å². The van der Waals surface area contributed by atoms with Crippen molar-refractivity contribution < 1.29 is 19.1 Å². The van der Waals surface area contributed by atoms with Crippen molar-refractivity contribution in [2.24, 2.45) is 23.7 Å². The fraction of sp³-hybridized carbons (Fsp3) is 0.207. The predicted octanol–water partition coefficient (Wildman–Crippen LogP) is 4.81. The lowest BCUT2D eigenvalue weighted by Crippen LogP contribution is -2.32. The van der Waals surface area contributed by atoms with E-state index in [0.29, 0.717) is 17.0 Å². The number of esters is 1. The summed E-state index contributed by atoms with van der Waals surface area (Å²) in [7, 11) is 0. The summed E-state index contributed by atoms with van der Waals surface area (Å²) in [6.45, 7) is 0. The maximum absolute atomic E-state index is 13.0. The van der Waals surface area contributed by atoms with E-state index in [0.717, 1.165) is 18.4 Å². The minimum atomic E-state index is -0.486. The molecule has 3 aliphatic rings. The van der Waals surface area contributed by atoms with Crippen LogP contribution in [0, 0.1) is 23.7 Å². The molecule has 0 N–H and O–H groups in total. The van der Waals surface area contributed by atoms with Gasteiger partial charge < -0.3 is 4.74 Å². The summed E-state index contributed by atoms with van der Waals surface area (Å²) in [5.41, 5.74) is 3.21. The van der Waals surface area contributed by atoms with Gasteiger partial charge in [0.15, 0.2) is 0 Å². The first-order valence-electron chi connectivity index (χ1n) is 11.6. The Balaban J connectivity index is 1.12. The third-order valence-corrected chi connectivity index (χ3v) is 7.22. The number of allylic oxidation sites excluding steroid dienone is 2. The summed E-state index contributed by atoms with van der Waals surface area (Å²) in [6.07, 6.45) is 5.87. The van der Waals surface area contributed by atoms with Gasteiger partial charge in [0.2, 0.25) is 11.8 Å². The average molecular weight is 450 g/mol. The number of carbonyl (C=O) groups excluding carboxylic acids is 3. The fourth-order valence-electron chi connectivity index (χ4n) is 5.58. The highest BCUT2D eigenvalue weighted by Gasteiger charge is 2.59. The molecular weight excluding hydrogens is 426 g/mol. The highest BCUT2D eigenvalue weighted by atomic mass is 16.5. The number of ether oxygens (including phenoxy) is 1. The van der Waals surface area contributed by atoms with E-state index < -0.39 is 5.97 Å². The molecule has 3 aromatic rings. The minimum Gasteiger partial charge on any atom is -0.423 e. The molecule has 5 nitrogen and oxygen atoms in total. The van der Waals surface area contributed by atoms with Crippen molar-refractivity contribution >= 4 is 23.5 Å². The summed E-state index contributed by atoms with van der Waals surface area (Å²) in [5, 5.41) is 0. The van der Waals surface area contributed by atoms with E-state index >= 15 is 0 Å². The summed E-state index contributed by atoms with van der Waals surface area (Å²) >= 11 is 0. The second kappa shape index (κ2) is 8.10. The van der Waals surface area contributed by atoms with Gasteiger partial charge in [0.05, 0.1) is 23.1 Å². The first-order valence-corrected chi connectivity index (χ1v) is 11.6. The van der Waals surface area contributed by atoms with E-state index in [2.05, 4.69) is 24.3 Å². The molecule has 6 rings (SSSR count). The minimum absolute atomic E-state index is 0.127. The molecular formula is C29H23NO4. The zero-order valence-electron chi connectivity index (χ0n) is 18.5. The Kier molecular flexibility index (Phi) is 4.91. The van der Waals surface area contributed by atoms with E-state index in [4.69, 9.17) is 4.74 Å². The number of hydrogen-bond donors (Lipinski definition) is 0. The number of carbonyl (C=O) groups is 3. The van der Waals surface area contributed by atoms with Crippen molar-refractivity contribution in [2.75, 3.05) is 4.90 Å². The first kappa shape index (κ1) is 20.6. The normalized spacial score (nSPS) is 24.5. The molecule has 34 heavy (non-hydrogen) atoms. The largest absolute Gasteiger partial charge is 0.423 e. The van der Waals surface area contributed by atoms with E-state index in [9.17, 15) is 14.4 Å². The topological polar surface area (TPSA) is 63.7 Å². The molecule has 2 bridgehead atoms. The van der Waals surface area contributed by atoms with Gasteiger partial charge in [-0.2, -0.15) is 0 Å².